The Morgan fingerprint density at radius 2 is 2.41 bits per heavy atom. The molecule has 2 unspecified atom stereocenters. The summed E-state index contributed by atoms with van der Waals surface area (Å²) in [4.78, 5) is 12.2. The molecule has 0 amide bonds. The quantitative estimate of drug-likeness (QED) is 0.730. The summed E-state index contributed by atoms with van der Waals surface area (Å²) in [5.41, 5.74) is 0. The average molecular weight is 257 g/mol. The van der Waals surface area contributed by atoms with Gasteiger partial charge in [0.25, 0.3) is 0 Å². The molecule has 1 aromatic heterocycles. The van der Waals surface area contributed by atoms with Crippen LogP contribution in [0.4, 0.5) is 0 Å². The van der Waals surface area contributed by atoms with Crippen LogP contribution >= 0.6 is 11.3 Å². The van der Waals surface area contributed by atoms with E-state index >= 15 is 0 Å². The van der Waals surface area contributed by atoms with Crippen LogP contribution in [0.2, 0.25) is 0 Å². The molecule has 1 rings (SSSR count). The normalized spacial score (nSPS) is 14.3. The van der Waals surface area contributed by atoms with Crippen molar-refractivity contribution in [2.75, 3.05) is 13.7 Å². The predicted molar refractivity (Wildman–Crippen MR) is 68.0 cm³/mol. The van der Waals surface area contributed by atoms with Gasteiger partial charge in [-0.1, -0.05) is 13.0 Å². The molecular formula is C12H19NO3S. The summed E-state index contributed by atoms with van der Waals surface area (Å²) >= 11 is 1.49. The maximum Gasteiger partial charge on any atom is 0.307 e. The second-order valence-electron chi connectivity index (χ2n) is 3.80. The molecule has 5 heteroatoms. The minimum absolute atomic E-state index is 0.176. The lowest BCUT2D eigenvalue weighted by Crippen LogP contribution is -2.37. The van der Waals surface area contributed by atoms with E-state index in [2.05, 4.69) is 10.1 Å². The topological polar surface area (TPSA) is 58.6 Å². The van der Waals surface area contributed by atoms with Crippen molar-refractivity contribution in [3.63, 3.8) is 0 Å². The fourth-order valence-electron chi connectivity index (χ4n) is 1.55. The van der Waals surface area contributed by atoms with E-state index in [9.17, 15) is 9.90 Å². The molecule has 0 radical (unpaired) electrons. The number of rotatable bonds is 7. The number of carbonyl (C=O) groups is 1. The number of hydrogen-bond acceptors (Lipinski definition) is 5. The van der Waals surface area contributed by atoms with E-state index in [0.29, 0.717) is 0 Å². The zero-order valence-electron chi connectivity index (χ0n) is 10.2. The van der Waals surface area contributed by atoms with Crippen LogP contribution in [-0.4, -0.2) is 30.8 Å². The SMILES string of the molecule is CCCNC(CC(=O)OC)C(O)c1cccs1. The third kappa shape index (κ3) is 4.46. The van der Waals surface area contributed by atoms with Crippen molar-refractivity contribution in [2.45, 2.75) is 31.9 Å². The van der Waals surface area contributed by atoms with Crippen molar-refractivity contribution in [3.05, 3.63) is 22.4 Å². The number of aliphatic hydroxyl groups excluding tert-OH is 1. The second kappa shape index (κ2) is 7.42. The molecule has 2 N–H and O–H groups in total. The van der Waals surface area contributed by atoms with Crippen LogP contribution in [-0.2, 0) is 9.53 Å². The van der Waals surface area contributed by atoms with Gasteiger partial charge >= 0.3 is 5.97 Å². The highest BCUT2D eigenvalue weighted by Gasteiger charge is 2.24. The molecule has 4 nitrogen and oxygen atoms in total. The van der Waals surface area contributed by atoms with Gasteiger partial charge in [0.15, 0.2) is 0 Å². The first-order valence-corrected chi connectivity index (χ1v) is 6.58. The number of carbonyl (C=O) groups excluding carboxylic acids is 1. The predicted octanol–water partition coefficient (Wildman–Crippen LogP) is 1.71. The van der Waals surface area contributed by atoms with Crippen LogP contribution < -0.4 is 5.32 Å². The van der Waals surface area contributed by atoms with Crippen molar-refractivity contribution in [3.8, 4) is 0 Å². The third-order valence-electron chi connectivity index (χ3n) is 2.49. The molecule has 96 valence electrons. The fraction of sp³-hybridized carbons (Fsp3) is 0.583. The number of esters is 1. The van der Waals surface area contributed by atoms with Gasteiger partial charge in [-0.15, -0.1) is 11.3 Å². The van der Waals surface area contributed by atoms with E-state index in [0.717, 1.165) is 17.8 Å². The van der Waals surface area contributed by atoms with Crippen LogP contribution in [0.5, 0.6) is 0 Å². The summed E-state index contributed by atoms with van der Waals surface area (Å²) in [7, 11) is 1.36. The maximum absolute atomic E-state index is 11.3. The first-order valence-electron chi connectivity index (χ1n) is 5.70. The van der Waals surface area contributed by atoms with Gasteiger partial charge in [-0.3, -0.25) is 4.79 Å². The number of thiophene rings is 1. The second-order valence-corrected chi connectivity index (χ2v) is 4.78. The molecule has 17 heavy (non-hydrogen) atoms. The number of ether oxygens (including phenoxy) is 1. The molecule has 0 bridgehead atoms. The molecule has 0 saturated carbocycles. The van der Waals surface area contributed by atoms with E-state index in [4.69, 9.17) is 0 Å². The standard InChI is InChI=1S/C12H19NO3S/c1-3-6-13-9(8-11(14)16-2)12(15)10-5-4-7-17-10/h4-5,7,9,12-13,15H,3,6,8H2,1-2H3. The number of aliphatic hydroxyl groups is 1. The minimum Gasteiger partial charge on any atom is -0.469 e. The molecule has 0 aromatic carbocycles. The molecule has 0 fully saturated rings. The summed E-state index contributed by atoms with van der Waals surface area (Å²) in [5, 5.41) is 15.3. The van der Waals surface area contributed by atoms with E-state index in [1.165, 1.54) is 18.4 Å². The van der Waals surface area contributed by atoms with Crippen LogP contribution in [0.3, 0.4) is 0 Å². The van der Waals surface area contributed by atoms with E-state index < -0.39 is 6.10 Å². The van der Waals surface area contributed by atoms with Gasteiger partial charge in [-0.25, -0.2) is 0 Å². The van der Waals surface area contributed by atoms with E-state index in [1.807, 2.05) is 24.4 Å². The van der Waals surface area contributed by atoms with Crippen LogP contribution in [0, 0.1) is 0 Å². The van der Waals surface area contributed by atoms with E-state index in [-0.39, 0.29) is 18.4 Å². The van der Waals surface area contributed by atoms with Gasteiger partial charge in [0, 0.05) is 10.9 Å². The van der Waals surface area contributed by atoms with Crippen LogP contribution in [0.25, 0.3) is 0 Å². The molecular weight excluding hydrogens is 238 g/mol. The lowest BCUT2D eigenvalue weighted by atomic mass is 10.1. The average Bonchev–Trinajstić information content (AvgIpc) is 2.86. The lowest BCUT2D eigenvalue weighted by Gasteiger charge is -2.22. The largest absolute Gasteiger partial charge is 0.469 e. The minimum atomic E-state index is -0.666. The van der Waals surface area contributed by atoms with Gasteiger partial charge in [0.2, 0.25) is 0 Å². The zero-order chi connectivity index (χ0) is 12.7. The van der Waals surface area contributed by atoms with Crippen molar-refractivity contribution in [2.24, 2.45) is 0 Å². The van der Waals surface area contributed by atoms with Gasteiger partial charge < -0.3 is 15.2 Å². The number of hydrogen-bond donors (Lipinski definition) is 2. The molecule has 0 saturated heterocycles. The summed E-state index contributed by atoms with van der Waals surface area (Å²) < 4.78 is 4.64. The lowest BCUT2D eigenvalue weighted by molar-refractivity contribution is -0.142. The zero-order valence-corrected chi connectivity index (χ0v) is 11.0. The Kier molecular flexibility index (Phi) is 6.18. The molecule has 0 aliphatic rings. The van der Waals surface area contributed by atoms with Gasteiger partial charge in [0.1, 0.15) is 6.10 Å². The van der Waals surface area contributed by atoms with Crippen molar-refractivity contribution in [1.82, 2.24) is 5.32 Å². The molecule has 0 spiro atoms. The van der Waals surface area contributed by atoms with Crippen molar-refractivity contribution >= 4 is 17.3 Å². The highest BCUT2D eigenvalue weighted by molar-refractivity contribution is 7.10. The molecule has 2 atom stereocenters. The summed E-state index contributed by atoms with van der Waals surface area (Å²) in [5.74, 6) is -0.311. The van der Waals surface area contributed by atoms with Gasteiger partial charge in [-0.05, 0) is 24.4 Å². The monoisotopic (exact) mass is 257 g/mol. The molecule has 0 aliphatic carbocycles. The smallest absolute Gasteiger partial charge is 0.307 e. The summed E-state index contributed by atoms with van der Waals surface area (Å²) in [6.07, 6.45) is 0.463. The highest BCUT2D eigenvalue weighted by Crippen LogP contribution is 2.23. The Balaban J connectivity index is 2.64. The summed E-state index contributed by atoms with van der Waals surface area (Å²) in [6, 6.07) is 3.46. The molecule has 1 heterocycles. The Bertz CT molecular complexity index is 327. The Hall–Kier alpha value is -0.910. The first-order chi connectivity index (χ1) is 8.19. The van der Waals surface area contributed by atoms with Crippen LogP contribution in [0.1, 0.15) is 30.7 Å². The number of nitrogens with one attached hydrogen (secondary N) is 1. The first kappa shape index (κ1) is 14.2. The molecule has 0 aliphatic heterocycles. The Labute approximate surface area is 106 Å². The van der Waals surface area contributed by atoms with Crippen molar-refractivity contribution in [1.29, 1.82) is 0 Å². The highest BCUT2D eigenvalue weighted by atomic mass is 32.1. The van der Waals surface area contributed by atoms with Crippen LogP contribution in [0.15, 0.2) is 17.5 Å². The maximum atomic E-state index is 11.3. The Morgan fingerprint density at radius 1 is 1.65 bits per heavy atom. The number of methoxy groups -OCH3 is 1. The fourth-order valence-corrected chi connectivity index (χ4v) is 2.32. The summed E-state index contributed by atoms with van der Waals surface area (Å²) in [6.45, 7) is 2.81. The van der Waals surface area contributed by atoms with Gasteiger partial charge in [0.05, 0.1) is 13.5 Å². The third-order valence-corrected chi connectivity index (χ3v) is 3.43. The molecule has 1 aromatic rings. The van der Waals surface area contributed by atoms with Gasteiger partial charge in [-0.2, -0.15) is 0 Å². The van der Waals surface area contributed by atoms with E-state index in [1.54, 1.807) is 0 Å². The van der Waals surface area contributed by atoms with Crippen molar-refractivity contribution < 1.29 is 14.6 Å². The Morgan fingerprint density at radius 3 is 2.94 bits per heavy atom.